The zero-order chi connectivity index (χ0) is 16.6. The zero-order valence-corrected chi connectivity index (χ0v) is 15.0. The van der Waals surface area contributed by atoms with Crippen molar-refractivity contribution in [3.63, 3.8) is 0 Å². The molecule has 124 valence electrons. The Morgan fingerprint density at radius 1 is 1.26 bits per heavy atom. The van der Waals surface area contributed by atoms with E-state index in [1.165, 1.54) is 0 Å². The van der Waals surface area contributed by atoms with Crippen LogP contribution in [-0.2, 0) is 9.53 Å². The first kappa shape index (κ1) is 16.7. The van der Waals surface area contributed by atoms with Gasteiger partial charge in [-0.15, -0.1) is 0 Å². The maximum atomic E-state index is 12.9. The van der Waals surface area contributed by atoms with Crippen LogP contribution in [0.3, 0.4) is 0 Å². The molecule has 0 spiro atoms. The van der Waals surface area contributed by atoms with Gasteiger partial charge in [0.25, 0.3) is 0 Å². The molecule has 0 aromatic heterocycles. The maximum absolute atomic E-state index is 12.9. The summed E-state index contributed by atoms with van der Waals surface area (Å²) in [6, 6.07) is 7.70. The topological polar surface area (TPSA) is 49.8 Å². The third-order valence-corrected chi connectivity index (χ3v) is 5.29. The number of rotatable bonds is 3. The lowest BCUT2D eigenvalue weighted by atomic mass is 9.72. The third-order valence-electron chi connectivity index (χ3n) is 4.76. The number of Topliss-reactive ketones (excluding diaryl/α,β-unsaturated/α-hetero) is 1. The lowest BCUT2D eigenvalue weighted by molar-refractivity contribution is -0.133. The van der Waals surface area contributed by atoms with Crippen molar-refractivity contribution < 1.29 is 14.6 Å². The largest absolute Gasteiger partial charge is 0.496 e. The van der Waals surface area contributed by atoms with Crippen molar-refractivity contribution in [1.29, 1.82) is 0 Å². The number of aliphatic hydroxyl groups excluding tert-OH is 1. The van der Waals surface area contributed by atoms with Crippen LogP contribution in [0.25, 0.3) is 5.57 Å². The van der Waals surface area contributed by atoms with Crippen LogP contribution in [0.15, 0.2) is 35.0 Å². The predicted molar refractivity (Wildman–Crippen MR) is 92.8 cm³/mol. The molecule has 1 heterocycles. The van der Waals surface area contributed by atoms with E-state index in [1.807, 2.05) is 43.3 Å². The Balaban J connectivity index is 1.87. The van der Waals surface area contributed by atoms with E-state index in [4.69, 9.17) is 4.74 Å². The Morgan fingerprint density at radius 2 is 1.96 bits per heavy atom. The second-order valence-electron chi connectivity index (χ2n) is 6.68. The second kappa shape index (κ2) is 6.75. The van der Waals surface area contributed by atoms with E-state index in [0.29, 0.717) is 18.4 Å². The van der Waals surface area contributed by atoms with Gasteiger partial charge in [0.15, 0.2) is 5.78 Å². The molecule has 3 rings (SSSR count). The maximum Gasteiger partial charge on any atom is 0.173 e. The van der Waals surface area contributed by atoms with Crippen molar-refractivity contribution in [3.05, 3.63) is 40.6 Å². The van der Waals surface area contributed by atoms with E-state index in [2.05, 4.69) is 15.9 Å². The quantitative estimate of drug-likeness (QED) is 0.876. The first-order chi connectivity index (χ1) is 11.0. The molecule has 4 atom stereocenters. The number of benzene rings is 1. The molecule has 4 nitrogen and oxygen atoms in total. The summed E-state index contributed by atoms with van der Waals surface area (Å²) < 4.78 is 6.93. The Morgan fingerprint density at radius 3 is 2.61 bits per heavy atom. The van der Waals surface area contributed by atoms with E-state index < -0.39 is 6.10 Å². The van der Waals surface area contributed by atoms with Crippen LogP contribution in [0.2, 0.25) is 0 Å². The van der Waals surface area contributed by atoms with Crippen LogP contribution in [0.5, 0.6) is 0 Å². The molecule has 4 unspecified atom stereocenters. The molecule has 1 aliphatic carbocycles. The number of nitrogens with zero attached hydrogens (tertiary/aromatic N) is 1. The van der Waals surface area contributed by atoms with Crippen LogP contribution in [-0.4, -0.2) is 48.6 Å². The highest BCUT2D eigenvalue weighted by Crippen LogP contribution is 2.39. The minimum atomic E-state index is -0.408. The van der Waals surface area contributed by atoms with E-state index in [1.54, 1.807) is 6.26 Å². The highest BCUT2D eigenvalue weighted by Gasteiger charge is 2.46. The molecule has 5 heteroatoms. The van der Waals surface area contributed by atoms with Gasteiger partial charge in [-0.1, -0.05) is 28.1 Å². The molecule has 1 N–H and O–H groups in total. The number of hydrogen-bond acceptors (Lipinski definition) is 4. The summed E-state index contributed by atoms with van der Waals surface area (Å²) in [6.45, 7) is 0.719. The fourth-order valence-corrected chi connectivity index (χ4v) is 3.88. The van der Waals surface area contributed by atoms with Gasteiger partial charge in [-0.2, -0.15) is 0 Å². The first-order valence-electron chi connectivity index (χ1n) is 7.96. The molecular formula is C18H22BrNO3. The summed E-state index contributed by atoms with van der Waals surface area (Å²) in [5.41, 5.74) is 1.52. The molecule has 2 aliphatic rings. The number of ketones is 1. The molecule has 0 saturated heterocycles. The van der Waals surface area contributed by atoms with Crippen LogP contribution >= 0.6 is 15.9 Å². The van der Waals surface area contributed by atoms with Gasteiger partial charge in [0, 0.05) is 16.9 Å². The SMILES string of the molecule is CN(C)CC1C(O)CCC2C(=O)C(c3ccc(Br)cc3)=COC21. The summed E-state index contributed by atoms with van der Waals surface area (Å²) in [7, 11) is 3.95. The molecular weight excluding hydrogens is 358 g/mol. The molecule has 1 aliphatic heterocycles. The van der Waals surface area contributed by atoms with Gasteiger partial charge in [0.2, 0.25) is 0 Å². The lowest BCUT2D eigenvalue weighted by Gasteiger charge is -2.43. The van der Waals surface area contributed by atoms with Crippen molar-refractivity contribution >= 4 is 27.3 Å². The molecule has 0 bridgehead atoms. The minimum absolute atomic E-state index is 0.0320. The van der Waals surface area contributed by atoms with Crippen molar-refractivity contribution in [3.8, 4) is 0 Å². The molecule has 1 aromatic carbocycles. The number of carbonyl (C=O) groups is 1. The fourth-order valence-electron chi connectivity index (χ4n) is 3.61. The van der Waals surface area contributed by atoms with Gasteiger partial charge in [0.1, 0.15) is 6.10 Å². The Hall–Kier alpha value is -1.17. The number of allylic oxidation sites excluding steroid dienone is 1. The molecule has 0 amide bonds. The summed E-state index contributed by atoms with van der Waals surface area (Å²) in [6.07, 6.45) is 2.29. The number of hydrogen-bond donors (Lipinski definition) is 1. The molecule has 0 radical (unpaired) electrons. The Labute approximate surface area is 145 Å². The summed E-state index contributed by atoms with van der Waals surface area (Å²) in [4.78, 5) is 15.0. The predicted octanol–water partition coefficient (Wildman–Crippen LogP) is 2.71. The van der Waals surface area contributed by atoms with Gasteiger partial charge in [-0.3, -0.25) is 4.79 Å². The zero-order valence-electron chi connectivity index (χ0n) is 13.4. The van der Waals surface area contributed by atoms with Gasteiger partial charge in [-0.25, -0.2) is 0 Å². The van der Waals surface area contributed by atoms with Gasteiger partial charge >= 0.3 is 0 Å². The second-order valence-corrected chi connectivity index (χ2v) is 7.60. The van der Waals surface area contributed by atoms with Gasteiger partial charge < -0.3 is 14.7 Å². The average Bonchev–Trinajstić information content (AvgIpc) is 2.51. The van der Waals surface area contributed by atoms with E-state index in [9.17, 15) is 9.90 Å². The van der Waals surface area contributed by atoms with Crippen molar-refractivity contribution in [2.45, 2.75) is 25.0 Å². The van der Waals surface area contributed by atoms with Crippen LogP contribution < -0.4 is 0 Å². The first-order valence-corrected chi connectivity index (χ1v) is 8.75. The van der Waals surface area contributed by atoms with Crippen LogP contribution in [0, 0.1) is 11.8 Å². The smallest absolute Gasteiger partial charge is 0.173 e. The highest BCUT2D eigenvalue weighted by atomic mass is 79.9. The molecule has 1 saturated carbocycles. The number of carbonyl (C=O) groups excluding carboxylic acids is 1. The lowest BCUT2D eigenvalue weighted by Crippen LogP contribution is -2.51. The standard InChI is InChI=1S/C18H22BrNO3/c1-20(2)9-14-16(21)8-7-13-17(22)15(10-23-18(13)14)11-3-5-12(19)6-4-11/h3-6,10,13-14,16,18,21H,7-9H2,1-2H3. The van der Waals surface area contributed by atoms with Crippen molar-refractivity contribution in [2.75, 3.05) is 20.6 Å². The minimum Gasteiger partial charge on any atom is -0.496 e. The number of aliphatic hydroxyl groups is 1. The molecule has 23 heavy (non-hydrogen) atoms. The Kier molecular flexibility index (Phi) is 4.90. The Bertz CT molecular complexity index is 611. The number of fused-ring (bicyclic) bond motifs is 1. The van der Waals surface area contributed by atoms with Crippen molar-refractivity contribution in [2.24, 2.45) is 11.8 Å². The van der Waals surface area contributed by atoms with Crippen LogP contribution in [0.4, 0.5) is 0 Å². The van der Waals surface area contributed by atoms with E-state index in [-0.39, 0.29) is 23.7 Å². The summed E-state index contributed by atoms with van der Waals surface area (Å²) in [5.74, 6) is -0.0540. The van der Waals surface area contributed by atoms with E-state index in [0.717, 1.165) is 16.6 Å². The van der Waals surface area contributed by atoms with Gasteiger partial charge in [0.05, 0.1) is 23.9 Å². The average molecular weight is 380 g/mol. The molecule has 1 aromatic rings. The van der Waals surface area contributed by atoms with Gasteiger partial charge in [-0.05, 0) is 44.6 Å². The highest BCUT2D eigenvalue weighted by molar-refractivity contribution is 9.10. The van der Waals surface area contributed by atoms with Crippen molar-refractivity contribution in [1.82, 2.24) is 4.90 Å². The fraction of sp³-hybridized carbons (Fsp3) is 0.500. The summed E-state index contributed by atoms with van der Waals surface area (Å²) >= 11 is 3.41. The summed E-state index contributed by atoms with van der Waals surface area (Å²) in [5, 5.41) is 10.3. The van der Waals surface area contributed by atoms with Crippen LogP contribution in [0.1, 0.15) is 18.4 Å². The van der Waals surface area contributed by atoms with E-state index >= 15 is 0 Å². The molecule has 1 fully saturated rings. The number of ether oxygens (including phenoxy) is 1. The normalized spacial score (nSPS) is 30.7. The number of halogens is 1. The third kappa shape index (κ3) is 3.37. The monoisotopic (exact) mass is 379 g/mol.